The number of amides is 1. The lowest BCUT2D eigenvalue weighted by Gasteiger charge is -2.12. The molecule has 0 spiro atoms. The van der Waals surface area contributed by atoms with Crippen LogP contribution in [0, 0.1) is 9.39 Å². The van der Waals surface area contributed by atoms with Gasteiger partial charge in [-0.3, -0.25) is 4.79 Å². The molecule has 9 heteroatoms. The molecule has 0 heterocycles. The minimum absolute atomic E-state index is 0.145. The molecule has 0 atom stereocenters. The van der Waals surface area contributed by atoms with Gasteiger partial charge in [0.2, 0.25) is 0 Å². The summed E-state index contributed by atoms with van der Waals surface area (Å²) in [6, 6.07) is 8.49. The maximum atomic E-state index is 13.1. The molecule has 0 aliphatic heterocycles. The summed E-state index contributed by atoms with van der Waals surface area (Å²) < 4.78 is 24.1. The van der Waals surface area contributed by atoms with Crippen LogP contribution < -0.4 is 14.9 Å². The molecule has 0 unspecified atom stereocenters. The molecule has 26 heavy (non-hydrogen) atoms. The van der Waals surface area contributed by atoms with E-state index in [1.165, 1.54) is 31.5 Å². The van der Waals surface area contributed by atoms with Crippen molar-refractivity contribution >= 4 is 40.7 Å². The number of carbonyl (C=O) groups excluding carboxylic acids is 1. The SMILES string of the molecule is COc1cc(/C=N\NC(=O)c2cccc(F)c2)cc(I)c1OCC(=O)O. The Balaban J connectivity index is 2.11. The van der Waals surface area contributed by atoms with E-state index in [0.29, 0.717) is 20.6 Å². The Morgan fingerprint density at radius 1 is 1.35 bits per heavy atom. The van der Waals surface area contributed by atoms with Gasteiger partial charge in [-0.1, -0.05) is 6.07 Å². The monoisotopic (exact) mass is 472 g/mol. The fourth-order valence-electron chi connectivity index (χ4n) is 1.95. The minimum atomic E-state index is -1.10. The van der Waals surface area contributed by atoms with Crippen LogP contribution in [-0.4, -0.2) is 36.9 Å². The largest absolute Gasteiger partial charge is 0.493 e. The van der Waals surface area contributed by atoms with Gasteiger partial charge in [0.15, 0.2) is 18.1 Å². The highest BCUT2D eigenvalue weighted by molar-refractivity contribution is 14.1. The fourth-order valence-corrected chi connectivity index (χ4v) is 2.73. The summed E-state index contributed by atoms with van der Waals surface area (Å²) in [7, 11) is 1.42. The van der Waals surface area contributed by atoms with E-state index in [0.717, 1.165) is 6.07 Å². The molecule has 0 aliphatic rings. The van der Waals surface area contributed by atoms with Crippen LogP contribution in [0.2, 0.25) is 0 Å². The van der Waals surface area contributed by atoms with Gasteiger partial charge < -0.3 is 14.6 Å². The molecule has 0 aromatic heterocycles. The first kappa shape index (κ1) is 19.6. The van der Waals surface area contributed by atoms with Crippen molar-refractivity contribution < 1.29 is 28.6 Å². The molecule has 2 rings (SSSR count). The zero-order valence-electron chi connectivity index (χ0n) is 13.5. The van der Waals surface area contributed by atoms with E-state index in [1.807, 2.05) is 22.6 Å². The second-order valence-corrected chi connectivity index (χ2v) is 6.09. The molecule has 2 aromatic carbocycles. The van der Waals surface area contributed by atoms with Crippen molar-refractivity contribution in [1.29, 1.82) is 0 Å². The standard InChI is InChI=1S/C17H14FIN2O5/c1-25-14-6-10(5-13(19)16(14)26-9-15(22)23)8-20-21-17(24)11-3-2-4-12(18)7-11/h2-8H,9H2,1H3,(H,21,24)(H,22,23)/b20-8-. The highest BCUT2D eigenvalue weighted by Gasteiger charge is 2.13. The Hall–Kier alpha value is -2.69. The first-order chi connectivity index (χ1) is 12.4. The number of carboxylic acids is 1. The summed E-state index contributed by atoms with van der Waals surface area (Å²) in [6.07, 6.45) is 1.38. The highest BCUT2D eigenvalue weighted by atomic mass is 127. The van der Waals surface area contributed by atoms with Gasteiger partial charge in [-0.2, -0.15) is 5.10 Å². The Bertz CT molecular complexity index is 857. The zero-order chi connectivity index (χ0) is 19.1. The lowest BCUT2D eigenvalue weighted by atomic mass is 10.2. The smallest absolute Gasteiger partial charge is 0.341 e. The normalized spacial score (nSPS) is 10.6. The van der Waals surface area contributed by atoms with E-state index in [2.05, 4.69) is 10.5 Å². The van der Waals surface area contributed by atoms with E-state index in [9.17, 15) is 14.0 Å². The predicted octanol–water partition coefficient (Wildman–Crippen LogP) is 2.67. The maximum Gasteiger partial charge on any atom is 0.341 e. The zero-order valence-corrected chi connectivity index (χ0v) is 15.7. The van der Waals surface area contributed by atoms with E-state index < -0.39 is 24.3 Å². The van der Waals surface area contributed by atoms with Gasteiger partial charge in [-0.05, 0) is 58.5 Å². The topological polar surface area (TPSA) is 97.2 Å². The molecule has 0 fully saturated rings. The molecular formula is C17H14FIN2O5. The number of nitrogens with one attached hydrogen (secondary N) is 1. The number of hydrogen-bond acceptors (Lipinski definition) is 5. The summed E-state index contributed by atoms with van der Waals surface area (Å²) in [5, 5.41) is 12.5. The maximum absolute atomic E-state index is 13.1. The van der Waals surface area contributed by atoms with Crippen molar-refractivity contribution in [3.8, 4) is 11.5 Å². The van der Waals surface area contributed by atoms with Crippen molar-refractivity contribution in [2.45, 2.75) is 0 Å². The second-order valence-electron chi connectivity index (χ2n) is 4.93. The van der Waals surface area contributed by atoms with E-state index in [1.54, 1.807) is 12.1 Å². The van der Waals surface area contributed by atoms with Crippen LogP contribution in [0.3, 0.4) is 0 Å². The van der Waals surface area contributed by atoms with Crippen LogP contribution in [0.25, 0.3) is 0 Å². The lowest BCUT2D eigenvalue weighted by molar-refractivity contribution is -0.139. The van der Waals surface area contributed by atoms with Crippen LogP contribution in [-0.2, 0) is 4.79 Å². The number of methoxy groups -OCH3 is 1. The molecule has 136 valence electrons. The van der Waals surface area contributed by atoms with Crippen LogP contribution >= 0.6 is 22.6 Å². The molecule has 1 amide bonds. The van der Waals surface area contributed by atoms with Crippen molar-refractivity contribution in [1.82, 2.24) is 5.43 Å². The molecule has 0 aliphatic carbocycles. The fraction of sp³-hybridized carbons (Fsp3) is 0.118. The van der Waals surface area contributed by atoms with Gasteiger partial charge >= 0.3 is 5.97 Å². The summed E-state index contributed by atoms with van der Waals surface area (Å²) >= 11 is 1.97. The van der Waals surface area contributed by atoms with Gasteiger partial charge in [-0.15, -0.1) is 0 Å². The summed E-state index contributed by atoms with van der Waals surface area (Å²) in [5.74, 6) is -1.54. The number of halogens is 2. The lowest BCUT2D eigenvalue weighted by Crippen LogP contribution is -2.17. The summed E-state index contributed by atoms with van der Waals surface area (Å²) in [6.45, 7) is -0.497. The number of ether oxygens (including phenoxy) is 2. The molecule has 0 saturated heterocycles. The van der Waals surface area contributed by atoms with Crippen LogP contribution in [0.4, 0.5) is 4.39 Å². The van der Waals surface area contributed by atoms with Crippen molar-refractivity contribution in [3.63, 3.8) is 0 Å². The van der Waals surface area contributed by atoms with Crippen molar-refractivity contribution in [3.05, 3.63) is 56.9 Å². The summed E-state index contributed by atoms with van der Waals surface area (Å²) in [5.41, 5.74) is 3.03. The molecular weight excluding hydrogens is 458 g/mol. The molecule has 0 bridgehead atoms. The van der Waals surface area contributed by atoms with E-state index in [-0.39, 0.29) is 5.56 Å². The molecule has 2 aromatic rings. The van der Waals surface area contributed by atoms with Crippen LogP contribution in [0.5, 0.6) is 11.5 Å². The van der Waals surface area contributed by atoms with Crippen molar-refractivity contribution in [2.24, 2.45) is 5.10 Å². The highest BCUT2D eigenvalue weighted by Crippen LogP contribution is 2.33. The second kappa shape index (κ2) is 9.13. The number of benzene rings is 2. The Kier molecular flexibility index (Phi) is 6.89. The van der Waals surface area contributed by atoms with Crippen LogP contribution in [0.1, 0.15) is 15.9 Å². The Morgan fingerprint density at radius 2 is 2.12 bits per heavy atom. The van der Waals surface area contributed by atoms with Crippen LogP contribution in [0.15, 0.2) is 41.5 Å². The third-order valence-corrected chi connectivity index (χ3v) is 3.86. The number of nitrogens with zero attached hydrogens (tertiary/aromatic N) is 1. The molecule has 7 nitrogen and oxygen atoms in total. The van der Waals surface area contributed by atoms with Gasteiger partial charge in [0.25, 0.3) is 5.91 Å². The molecule has 0 saturated carbocycles. The number of hydrazone groups is 1. The van der Waals surface area contributed by atoms with E-state index >= 15 is 0 Å². The first-order valence-electron chi connectivity index (χ1n) is 7.22. The number of carbonyl (C=O) groups is 2. The number of aliphatic carboxylic acids is 1. The van der Waals surface area contributed by atoms with E-state index in [4.69, 9.17) is 14.6 Å². The number of rotatable bonds is 7. The Morgan fingerprint density at radius 3 is 2.77 bits per heavy atom. The quantitative estimate of drug-likeness (QED) is 0.367. The Labute approximate surface area is 162 Å². The third-order valence-electron chi connectivity index (χ3n) is 3.06. The molecule has 2 N–H and O–H groups in total. The minimum Gasteiger partial charge on any atom is -0.493 e. The molecule has 0 radical (unpaired) electrons. The number of hydrogen-bond donors (Lipinski definition) is 2. The first-order valence-corrected chi connectivity index (χ1v) is 8.29. The van der Waals surface area contributed by atoms with Crippen molar-refractivity contribution in [2.75, 3.05) is 13.7 Å². The average Bonchev–Trinajstić information content (AvgIpc) is 2.60. The van der Waals surface area contributed by atoms with Gasteiger partial charge in [0.05, 0.1) is 16.9 Å². The van der Waals surface area contributed by atoms with Gasteiger partial charge in [0.1, 0.15) is 5.82 Å². The predicted molar refractivity (Wildman–Crippen MR) is 100 cm³/mol. The van der Waals surface area contributed by atoms with Gasteiger partial charge in [0, 0.05) is 5.56 Å². The average molecular weight is 472 g/mol. The third kappa shape index (κ3) is 5.41. The number of carboxylic acid groups (broad SMARTS) is 1. The summed E-state index contributed by atoms with van der Waals surface area (Å²) in [4.78, 5) is 22.5. The van der Waals surface area contributed by atoms with Gasteiger partial charge in [-0.25, -0.2) is 14.6 Å².